The van der Waals surface area contributed by atoms with Gasteiger partial charge in [0.25, 0.3) is 0 Å². The second-order valence-electron chi connectivity index (χ2n) is 7.08. The quantitative estimate of drug-likeness (QED) is 0.188. The lowest BCUT2D eigenvalue weighted by Crippen LogP contribution is -2.10. The van der Waals surface area contributed by atoms with E-state index >= 15 is 0 Å². The molecule has 10 heteroatoms. The molecule has 2 aromatic rings. The van der Waals surface area contributed by atoms with E-state index in [0.717, 1.165) is 26.9 Å². The van der Waals surface area contributed by atoms with Gasteiger partial charge in [-0.2, -0.15) is 0 Å². The van der Waals surface area contributed by atoms with E-state index in [0.29, 0.717) is 29.5 Å². The molecule has 9 nitrogen and oxygen atoms in total. The van der Waals surface area contributed by atoms with Crippen LogP contribution in [-0.2, 0) is 60.7 Å². The summed E-state index contributed by atoms with van der Waals surface area (Å²) in [6, 6.07) is 0. The highest BCUT2D eigenvalue weighted by molar-refractivity contribution is 14.1. The number of halogens is 1. The maximum Gasteiger partial charge on any atom is 0.310 e. The van der Waals surface area contributed by atoms with Crippen molar-refractivity contribution < 1.29 is 33.4 Å². The fourth-order valence-electron chi connectivity index (χ4n) is 3.68. The highest BCUT2D eigenvalue weighted by Crippen LogP contribution is 2.28. The molecule has 0 aromatic carbocycles. The zero-order chi connectivity index (χ0) is 23.8. The zero-order valence-corrected chi connectivity index (χ0v) is 20.7. The van der Waals surface area contributed by atoms with Crippen molar-refractivity contribution >= 4 is 46.8 Å². The number of aromatic nitrogens is 2. The molecule has 0 aliphatic rings. The van der Waals surface area contributed by atoms with E-state index in [-0.39, 0.29) is 37.3 Å². The first-order valence-corrected chi connectivity index (χ1v) is 11.1. The van der Waals surface area contributed by atoms with Crippen molar-refractivity contribution in [3.8, 4) is 0 Å². The Hall–Kier alpha value is -2.63. The van der Waals surface area contributed by atoms with Crippen molar-refractivity contribution in [2.75, 3.05) is 21.3 Å². The van der Waals surface area contributed by atoms with E-state index in [1.54, 1.807) is 0 Å². The normalized spacial score (nSPS) is 10.7. The molecule has 174 valence electrons. The molecule has 0 atom stereocenters. The molecule has 2 N–H and O–H groups in total. The Morgan fingerprint density at radius 3 is 1.94 bits per heavy atom. The number of nitrogens with one attached hydrogen (secondary N) is 2. The van der Waals surface area contributed by atoms with Gasteiger partial charge in [0.2, 0.25) is 0 Å². The predicted molar refractivity (Wildman–Crippen MR) is 124 cm³/mol. The number of esters is 3. The molecule has 0 amide bonds. The minimum absolute atomic E-state index is 0.0886. The third-order valence-electron chi connectivity index (χ3n) is 5.32. The number of ether oxygens (including phenoxy) is 3. The lowest BCUT2D eigenvalue weighted by Gasteiger charge is -2.09. The maximum absolute atomic E-state index is 12.0. The van der Waals surface area contributed by atoms with E-state index in [4.69, 9.17) is 14.2 Å². The molecule has 2 rings (SSSR count). The van der Waals surface area contributed by atoms with Crippen LogP contribution in [0.2, 0.25) is 0 Å². The molecule has 0 spiro atoms. The summed E-state index contributed by atoms with van der Waals surface area (Å²) in [5.74, 6) is -1.25. The Kier molecular flexibility index (Phi) is 9.48. The van der Waals surface area contributed by atoms with E-state index in [1.165, 1.54) is 21.3 Å². The first-order chi connectivity index (χ1) is 15.3. The first kappa shape index (κ1) is 25.6. The number of H-pyrrole nitrogens is 2. The molecule has 32 heavy (non-hydrogen) atoms. The number of aromatic amines is 2. The fourth-order valence-corrected chi connectivity index (χ4v) is 4.72. The first-order valence-electron chi connectivity index (χ1n) is 10.1. The molecule has 0 radical (unpaired) electrons. The van der Waals surface area contributed by atoms with Crippen LogP contribution in [0.4, 0.5) is 0 Å². The SMILES string of the molecule is CCc1c(I)[nH]c(Cc2[nH]c(C=O)c(CC(=O)OC)c2CCC(=O)OC)c1CC(=O)OC. The van der Waals surface area contributed by atoms with Crippen molar-refractivity contribution in [1.29, 1.82) is 0 Å². The lowest BCUT2D eigenvalue weighted by molar-refractivity contribution is -0.141. The van der Waals surface area contributed by atoms with Crippen LogP contribution in [0.5, 0.6) is 0 Å². The monoisotopic (exact) mass is 558 g/mol. The second kappa shape index (κ2) is 11.8. The van der Waals surface area contributed by atoms with E-state index in [2.05, 4.69) is 32.6 Å². The van der Waals surface area contributed by atoms with Gasteiger partial charge in [-0.05, 0) is 57.7 Å². The summed E-state index contributed by atoms with van der Waals surface area (Å²) in [5.41, 5.74) is 4.81. The number of hydrogen-bond acceptors (Lipinski definition) is 7. The van der Waals surface area contributed by atoms with Gasteiger partial charge >= 0.3 is 17.9 Å². The third-order valence-corrected chi connectivity index (χ3v) is 6.24. The second-order valence-corrected chi connectivity index (χ2v) is 8.16. The van der Waals surface area contributed by atoms with Gasteiger partial charge in [-0.25, -0.2) is 0 Å². The number of hydrogen-bond donors (Lipinski definition) is 2. The topological polar surface area (TPSA) is 128 Å². The summed E-state index contributed by atoms with van der Waals surface area (Å²) in [4.78, 5) is 53.9. The molecule has 0 saturated carbocycles. The zero-order valence-electron chi connectivity index (χ0n) is 18.6. The summed E-state index contributed by atoms with van der Waals surface area (Å²) in [7, 11) is 3.92. The molecule has 0 aliphatic carbocycles. The average Bonchev–Trinajstić information content (AvgIpc) is 3.27. The summed E-state index contributed by atoms with van der Waals surface area (Å²) in [6.45, 7) is 2.01. The molecule has 0 unspecified atom stereocenters. The Labute approximate surface area is 199 Å². The van der Waals surface area contributed by atoms with Crippen LogP contribution in [0, 0.1) is 3.70 Å². The fraction of sp³-hybridized carbons (Fsp3) is 0.455. The number of carbonyl (C=O) groups excluding carboxylic acids is 4. The molecule has 0 fully saturated rings. The third kappa shape index (κ3) is 5.99. The summed E-state index contributed by atoms with van der Waals surface area (Å²) in [6.07, 6.45) is 2.11. The minimum atomic E-state index is -0.493. The van der Waals surface area contributed by atoms with Crippen molar-refractivity contribution in [2.45, 2.75) is 45.4 Å². The average molecular weight is 558 g/mol. The van der Waals surface area contributed by atoms with Crippen LogP contribution < -0.4 is 0 Å². The Bertz CT molecular complexity index is 1010. The Morgan fingerprint density at radius 1 is 0.844 bits per heavy atom. The molecule has 2 heterocycles. The van der Waals surface area contributed by atoms with E-state index in [9.17, 15) is 19.2 Å². The van der Waals surface area contributed by atoms with Crippen LogP contribution in [0.1, 0.15) is 57.5 Å². The summed E-state index contributed by atoms with van der Waals surface area (Å²) >= 11 is 2.19. The summed E-state index contributed by atoms with van der Waals surface area (Å²) < 4.78 is 15.3. The van der Waals surface area contributed by atoms with Crippen LogP contribution >= 0.6 is 22.6 Å². The van der Waals surface area contributed by atoms with Gasteiger partial charge < -0.3 is 24.2 Å². The van der Waals surface area contributed by atoms with Crippen LogP contribution in [0.3, 0.4) is 0 Å². The number of methoxy groups -OCH3 is 3. The van der Waals surface area contributed by atoms with Crippen LogP contribution in [0.15, 0.2) is 0 Å². The van der Waals surface area contributed by atoms with E-state index < -0.39 is 11.9 Å². The van der Waals surface area contributed by atoms with Gasteiger partial charge in [0.1, 0.15) is 0 Å². The van der Waals surface area contributed by atoms with Gasteiger partial charge in [0.05, 0.1) is 43.6 Å². The van der Waals surface area contributed by atoms with Gasteiger partial charge in [-0.1, -0.05) is 6.92 Å². The van der Waals surface area contributed by atoms with Crippen LogP contribution in [-0.4, -0.2) is 55.5 Å². The van der Waals surface area contributed by atoms with Crippen molar-refractivity contribution in [3.05, 3.63) is 43.0 Å². The Morgan fingerprint density at radius 2 is 1.41 bits per heavy atom. The molecular formula is C22H27IN2O7. The van der Waals surface area contributed by atoms with Crippen molar-refractivity contribution in [2.24, 2.45) is 0 Å². The smallest absolute Gasteiger partial charge is 0.310 e. The lowest BCUT2D eigenvalue weighted by atomic mass is 9.97. The predicted octanol–water partition coefficient (Wildman–Crippen LogP) is 2.45. The largest absolute Gasteiger partial charge is 0.469 e. The van der Waals surface area contributed by atoms with Gasteiger partial charge in [-0.15, -0.1) is 0 Å². The maximum atomic E-state index is 12.0. The highest BCUT2D eigenvalue weighted by Gasteiger charge is 2.24. The van der Waals surface area contributed by atoms with Crippen LogP contribution in [0.25, 0.3) is 0 Å². The van der Waals surface area contributed by atoms with E-state index in [1.807, 2.05) is 6.92 Å². The Balaban J connectivity index is 2.54. The number of rotatable bonds is 11. The molecular weight excluding hydrogens is 531 g/mol. The summed E-state index contributed by atoms with van der Waals surface area (Å²) in [5, 5.41) is 0. The minimum Gasteiger partial charge on any atom is -0.469 e. The molecule has 0 bridgehead atoms. The highest BCUT2D eigenvalue weighted by atomic mass is 127. The van der Waals surface area contributed by atoms with Crippen molar-refractivity contribution in [1.82, 2.24) is 9.97 Å². The van der Waals surface area contributed by atoms with Gasteiger partial charge in [-0.3, -0.25) is 19.2 Å². The van der Waals surface area contributed by atoms with Crippen molar-refractivity contribution in [3.63, 3.8) is 0 Å². The van der Waals surface area contributed by atoms with Gasteiger partial charge in [0, 0.05) is 24.2 Å². The standard InChI is InChI=1S/C22H27IN2O7/c1-5-12-14(8-20(28)31-3)17(25-22(12)23)10-16-13(6-7-19(27)30-2)15(9-21(29)32-4)18(11-26)24-16/h11,24-25H,5-10H2,1-4H3. The number of aldehydes is 1. The number of carbonyl (C=O) groups is 4. The molecule has 2 aromatic heterocycles. The molecule has 0 aliphatic heterocycles. The molecule has 0 saturated heterocycles. The van der Waals surface area contributed by atoms with Gasteiger partial charge in [0.15, 0.2) is 6.29 Å².